The van der Waals surface area contributed by atoms with Crippen molar-refractivity contribution >= 4 is 23.2 Å². The van der Waals surface area contributed by atoms with E-state index in [9.17, 15) is 9.59 Å². The van der Waals surface area contributed by atoms with Gasteiger partial charge < -0.3 is 10.6 Å². The van der Waals surface area contributed by atoms with Crippen LogP contribution in [0.1, 0.15) is 48.5 Å². The highest BCUT2D eigenvalue weighted by Gasteiger charge is 2.20. The quantitative estimate of drug-likeness (QED) is 0.807. The van der Waals surface area contributed by atoms with Gasteiger partial charge in [-0.15, -0.1) is 0 Å². The second kappa shape index (κ2) is 9.51. The number of likely N-dealkylation sites (tertiary alicyclic amines) is 1. The van der Waals surface area contributed by atoms with E-state index in [-0.39, 0.29) is 11.8 Å². The number of hydrogen-bond donors (Lipinski definition) is 2. The molecular weight excluding hydrogens is 350 g/mol. The molecule has 0 radical (unpaired) electrons. The van der Waals surface area contributed by atoms with Crippen molar-refractivity contribution in [1.82, 2.24) is 4.90 Å². The molecule has 1 saturated heterocycles. The third kappa shape index (κ3) is 5.42. The average Bonchev–Trinajstić information content (AvgIpc) is 2.88. The Bertz CT molecular complexity index is 820. The molecule has 5 nitrogen and oxygen atoms in total. The van der Waals surface area contributed by atoms with E-state index in [1.807, 2.05) is 43.3 Å². The zero-order valence-corrected chi connectivity index (χ0v) is 16.7. The van der Waals surface area contributed by atoms with Crippen LogP contribution in [0, 0.1) is 6.92 Å². The molecule has 1 atom stereocenters. The fraction of sp³-hybridized carbons (Fsp3) is 0.391. The van der Waals surface area contributed by atoms with Crippen molar-refractivity contribution in [1.29, 1.82) is 0 Å². The van der Waals surface area contributed by atoms with Crippen molar-refractivity contribution in [3.05, 3.63) is 59.7 Å². The van der Waals surface area contributed by atoms with Gasteiger partial charge in [0.1, 0.15) is 0 Å². The molecule has 2 N–H and O–H groups in total. The van der Waals surface area contributed by atoms with Gasteiger partial charge in [-0.1, -0.05) is 37.1 Å². The lowest BCUT2D eigenvalue weighted by molar-refractivity contribution is -0.117. The van der Waals surface area contributed by atoms with E-state index in [1.54, 1.807) is 12.1 Å². The van der Waals surface area contributed by atoms with Crippen LogP contribution in [-0.4, -0.2) is 35.8 Å². The summed E-state index contributed by atoms with van der Waals surface area (Å²) in [6, 6.07) is 15.2. The highest BCUT2D eigenvalue weighted by atomic mass is 16.2. The van der Waals surface area contributed by atoms with Gasteiger partial charge in [0.25, 0.3) is 5.91 Å². The number of carbonyl (C=O) groups is 2. The number of nitrogens with zero attached hydrogens (tertiary/aromatic N) is 1. The highest BCUT2D eigenvalue weighted by molar-refractivity contribution is 6.05. The molecule has 2 amide bonds. The number of rotatable bonds is 5. The van der Waals surface area contributed by atoms with Gasteiger partial charge >= 0.3 is 0 Å². The molecule has 148 valence electrons. The molecule has 1 heterocycles. The summed E-state index contributed by atoms with van der Waals surface area (Å²) < 4.78 is 0. The van der Waals surface area contributed by atoms with E-state index in [4.69, 9.17) is 0 Å². The van der Waals surface area contributed by atoms with Crippen molar-refractivity contribution in [2.24, 2.45) is 0 Å². The minimum Gasteiger partial charge on any atom is -0.325 e. The summed E-state index contributed by atoms with van der Waals surface area (Å²) in [7, 11) is 0. The topological polar surface area (TPSA) is 61.4 Å². The summed E-state index contributed by atoms with van der Waals surface area (Å²) >= 11 is 0. The molecule has 5 heteroatoms. The summed E-state index contributed by atoms with van der Waals surface area (Å²) in [5, 5.41) is 5.87. The van der Waals surface area contributed by atoms with Crippen molar-refractivity contribution < 1.29 is 9.59 Å². The molecule has 0 saturated carbocycles. The third-order valence-corrected chi connectivity index (χ3v) is 5.34. The first kappa shape index (κ1) is 20.1. The molecule has 1 unspecified atom stereocenters. The van der Waals surface area contributed by atoms with Crippen LogP contribution in [0.4, 0.5) is 11.4 Å². The van der Waals surface area contributed by atoms with E-state index in [0.717, 1.165) is 30.6 Å². The first-order chi connectivity index (χ1) is 13.5. The smallest absolute Gasteiger partial charge is 0.255 e. The maximum atomic E-state index is 12.6. The van der Waals surface area contributed by atoms with Gasteiger partial charge in [0.2, 0.25) is 5.91 Å². The number of amides is 2. The summed E-state index contributed by atoms with van der Waals surface area (Å²) in [6.45, 7) is 5.48. The average molecular weight is 380 g/mol. The lowest BCUT2D eigenvalue weighted by Crippen LogP contribution is -2.39. The minimum absolute atomic E-state index is 0.0301. The standard InChI is InChI=1S/C23H29N3O2/c1-17-12-13-19(23(28)24-20-10-6-3-7-11-20)15-21(17)25-22(27)16-26-14-8-4-5-9-18(26)2/h3,6-7,10-13,15,18H,4-5,8-9,14,16H2,1-2H3,(H,24,28)(H,25,27). The Hall–Kier alpha value is -2.66. The van der Waals surface area contributed by atoms with Gasteiger partial charge in [-0.05, 0) is 63.1 Å². The van der Waals surface area contributed by atoms with Crippen LogP contribution in [0.15, 0.2) is 48.5 Å². The molecule has 2 aromatic rings. The molecule has 1 fully saturated rings. The number of anilines is 2. The Labute approximate surface area is 167 Å². The van der Waals surface area contributed by atoms with Gasteiger partial charge in [-0.2, -0.15) is 0 Å². The van der Waals surface area contributed by atoms with E-state index in [2.05, 4.69) is 22.5 Å². The van der Waals surface area contributed by atoms with E-state index >= 15 is 0 Å². The van der Waals surface area contributed by atoms with Crippen LogP contribution in [0.2, 0.25) is 0 Å². The lowest BCUT2D eigenvalue weighted by Gasteiger charge is -2.26. The molecule has 1 aliphatic rings. The molecule has 2 aromatic carbocycles. The maximum absolute atomic E-state index is 12.6. The number of nitrogens with one attached hydrogen (secondary N) is 2. The lowest BCUT2D eigenvalue weighted by atomic mass is 10.1. The molecule has 1 aliphatic heterocycles. The fourth-order valence-electron chi connectivity index (χ4n) is 3.57. The number of benzene rings is 2. The van der Waals surface area contributed by atoms with E-state index in [0.29, 0.717) is 23.8 Å². The fourth-order valence-corrected chi connectivity index (χ4v) is 3.57. The van der Waals surface area contributed by atoms with E-state index in [1.165, 1.54) is 12.8 Å². The van der Waals surface area contributed by atoms with Gasteiger partial charge in [0.15, 0.2) is 0 Å². The zero-order chi connectivity index (χ0) is 19.9. The highest BCUT2D eigenvalue weighted by Crippen LogP contribution is 2.20. The number of hydrogen-bond acceptors (Lipinski definition) is 3. The summed E-state index contributed by atoms with van der Waals surface area (Å²) in [5.74, 6) is -0.222. The van der Waals surface area contributed by atoms with Crippen LogP contribution in [0.5, 0.6) is 0 Å². The van der Waals surface area contributed by atoms with Gasteiger partial charge in [0.05, 0.1) is 6.54 Å². The minimum atomic E-state index is -0.192. The van der Waals surface area contributed by atoms with Gasteiger partial charge in [-0.25, -0.2) is 0 Å². The largest absolute Gasteiger partial charge is 0.325 e. The zero-order valence-electron chi connectivity index (χ0n) is 16.7. The Morgan fingerprint density at radius 2 is 1.82 bits per heavy atom. The van der Waals surface area contributed by atoms with Crippen LogP contribution < -0.4 is 10.6 Å². The van der Waals surface area contributed by atoms with Crippen LogP contribution in [0.3, 0.4) is 0 Å². The third-order valence-electron chi connectivity index (χ3n) is 5.34. The van der Waals surface area contributed by atoms with E-state index < -0.39 is 0 Å². The van der Waals surface area contributed by atoms with Gasteiger partial charge in [-0.3, -0.25) is 14.5 Å². The number of carbonyl (C=O) groups excluding carboxylic acids is 2. The van der Waals surface area contributed by atoms with Crippen LogP contribution in [0.25, 0.3) is 0 Å². The van der Waals surface area contributed by atoms with Crippen molar-refractivity contribution in [3.63, 3.8) is 0 Å². The molecule has 0 aliphatic carbocycles. The first-order valence-corrected chi connectivity index (χ1v) is 10.0. The molecule has 0 aromatic heterocycles. The molecular formula is C23H29N3O2. The Kier molecular flexibility index (Phi) is 6.82. The summed E-state index contributed by atoms with van der Waals surface area (Å²) in [4.78, 5) is 27.4. The Balaban J connectivity index is 1.65. The van der Waals surface area contributed by atoms with Crippen LogP contribution in [-0.2, 0) is 4.79 Å². The maximum Gasteiger partial charge on any atom is 0.255 e. The van der Waals surface area contributed by atoms with Crippen LogP contribution >= 0.6 is 0 Å². The Morgan fingerprint density at radius 1 is 1.04 bits per heavy atom. The second-order valence-electron chi connectivity index (χ2n) is 7.57. The molecule has 3 rings (SSSR count). The normalized spacial score (nSPS) is 17.6. The molecule has 0 spiro atoms. The number of aryl methyl sites for hydroxylation is 1. The number of para-hydroxylation sites is 1. The van der Waals surface area contributed by atoms with Crippen molar-refractivity contribution in [2.75, 3.05) is 23.7 Å². The summed E-state index contributed by atoms with van der Waals surface area (Å²) in [6.07, 6.45) is 4.75. The molecule has 0 bridgehead atoms. The second-order valence-corrected chi connectivity index (χ2v) is 7.57. The summed E-state index contributed by atoms with van der Waals surface area (Å²) in [5.41, 5.74) is 2.89. The first-order valence-electron chi connectivity index (χ1n) is 10.0. The van der Waals surface area contributed by atoms with Crippen molar-refractivity contribution in [3.8, 4) is 0 Å². The monoisotopic (exact) mass is 379 g/mol. The predicted octanol–water partition coefficient (Wildman–Crippen LogP) is 4.45. The predicted molar refractivity (Wildman–Crippen MR) is 114 cm³/mol. The van der Waals surface area contributed by atoms with Gasteiger partial charge in [0, 0.05) is 23.0 Å². The van der Waals surface area contributed by atoms with Crippen molar-refractivity contribution in [2.45, 2.75) is 45.6 Å². The molecule has 28 heavy (non-hydrogen) atoms. The Morgan fingerprint density at radius 3 is 2.61 bits per heavy atom. The SMILES string of the molecule is Cc1ccc(C(=O)Nc2ccccc2)cc1NC(=O)CN1CCCCCC1C.